The number of aryl methyl sites for hydroxylation is 1. The van der Waals surface area contributed by atoms with Gasteiger partial charge in [-0.1, -0.05) is 0 Å². The summed E-state index contributed by atoms with van der Waals surface area (Å²) < 4.78 is 7.84. The molecule has 1 aliphatic heterocycles. The number of hydrogen-bond acceptors (Lipinski definition) is 4. The number of imidazole rings is 1. The van der Waals surface area contributed by atoms with Crippen molar-refractivity contribution in [2.24, 2.45) is 12.8 Å². The molecule has 0 saturated carbocycles. The van der Waals surface area contributed by atoms with Crippen LogP contribution in [0.4, 0.5) is 0 Å². The van der Waals surface area contributed by atoms with Crippen molar-refractivity contribution in [3.63, 3.8) is 0 Å². The van der Waals surface area contributed by atoms with Crippen LogP contribution in [0.3, 0.4) is 0 Å². The largest absolute Gasteiger partial charge is 0.374 e. The van der Waals surface area contributed by atoms with Crippen LogP contribution in [0.15, 0.2) is 12.5 Å². The third kappa shape index (κ3) is 2.36. The highest BCUT2D eigenvalue weighted by molar-refractivity contribution is 5.10. The Labute approximate surface area is 103 Å². The standard InChI is InChI=1S/C12H22N4O/c1-9(2)16-4-5-17-11(6-13)12(16)10-7-14-8-15(10)3/h7-9,11-12H,4-6,13H2,1-3H3. The van der Waals surface area contributed by atoms with Gasteiger partial charge in [0.05, 0.1) is 30.8 Å². The predicted octanol–water partition coefficient (Wildman–Crippen LogP) is 0.529. The van der Waals surface area contributed by atoms with Crippen molar-refractivity contribution in [3.8, 4) is 0 Å². The number of nitrogens with zero attached hydrogens (tertiary/aromatic N) is 3. The first-order chi connectivity index (χ1) is 8.15. The Bertz CT molecular complexity index is 363. The molecule has 2 unspecified atom stereocenters. The van der Waals surface area contributed by atoms with Crippen LogP contribution in [0.25, 0.3) is 0 Å². The molecule has 96 valence electrons. The molecule has 17 heavy (non-hydrogen) atoms. The lowest BCUT2D eigenvalue weighted by molar-refractivity contribution is -0.0810. The van der Waals surface area contributed by atoms with Gasteiger partial charge in [-0.25, -0.2) is 4.98 Å². The number of nitrogens with two attached hydrogens (primary N) is 1. The van der Waals surface area contributed by atoms with Gasteiger partial charge in [-0.2, -0.15) is 0 Å². The summed E-state index contributed by atoms with van der Waals surface area (Å²) in [6, 6.07) is 0.689. The second-order valence-electron chi connectivity index (χ2n) is 4.85. The van der Waals surface area contributed by atoms with Gasteiger partial charge < -0.3 is 15.0 Å². The Hall–Kier alpha value is -0.910. The van der Waals surface area contributed by atoms with E-state index in [1.807, 2.05) is 19.6 Å². The maximum atomic E-state index is 5.83. The number of rotatable bonds is 3. The molecule has 1 fully saturated rings. The van der Waals surface area contributed by atoms with Gasteiger partial charge in [-0.3, -0.25) is 4.90 Å². The van der Waals surface area contributed by atoms with Crippen LogP contribution in [0, 0.1) is 0 Å². The SMILES string of the molecule is CC(C)N1CCOC(CN)C1c1cncn1C. The summed E-state index contributed by atoms with van der Waals surface area (Å²) in [6.45, 7) is 6.67. The molecule has 0 aliphatic carbocycles. The highest BCUT2D eigenvalue weighted by Crippen LogP contribution is 2.30. The molecule has 2 heterocycles. The van der Waals surface area contributed by atoms with E-state index in [0.717, 1.165) is 13.2 Å². The Morgan fingerprint density at radius 2 is 2.35 bits per heavy atom. The Kier molecular flexibility index (Phi) is 3.81. The van der Waals surface area contributed by atoms with Crippen LogP contribution in [0.5, 0.6) is 0 Å². The van der Waals surface area contributed by atoms with Gasteiger partial charge in [0.1, 0.15) is 0 Å². The van der Waals surface area contributed by atoms with Crippen LogP contribution in [-0.2, 0) is 11.8 Å². The van der Waals surface area contributed by atoms with Crippen LogP contribution in [0.2, 0.25) is 0 Å². The lowest BCUT2D eigenvalue weighted by atomic mass is 10.0. The molecule has 5 heteroatoms. The maximum Gasteiger partial charge on any atom is 0.0946 e. The van der Waals surface area contributed by atoms with Crippen molar-refractivity contribution in [1.82, 2.24) is 14.5 Å². The van der Waals surface area contributed by atoms with Gasteiger partial charge in [-0.05, 0) is 13.8 Å². The van der Waals surface area contributed by atoms with E-state index in [2.05, 4.69) is 28.3 Å². The average Bonchev–Trinajstić information content (AvgIpc) is 2.74. The minimum atomic E-state index is 0.0570. The maximum absolute atomic E-state index is 5.83. The van der Waals surface area contributed by atoms with E-state index in [4.69, 9.17) is 10.5 Å². The molecule has 2 N–H and O–H groups in total. The lowest BCUT2D eigenvalue weighted by Crippen LogP contribution is -2.51. The summed E-state index contributed by atoms with van der Waals surface area (Å²) in [5, 5.41) is 0. The smallest absolute Gasteiger partial charge is 0.0946 e. The van der Waals surface area contributed by atoms with E-state index in [0.29, 0.717) is 12.6 Å². The van der Waals surface area contributed by atoms with E-state index in [1.165, 1.54) is 5.69 Å². The van der Waals surface area contributed by atoms with Crippen LogP contribution < -0.4 is 5.73 Å². The third-order valence-electron chi connectivity index (χ3n) is 3.44. The highest BCUT2D eigenvalue weighted by atomic mass is 16.5. The van der Waals surface area contributed by atoms with Gasteiger partial charge in [0.25, 0.3) is 0 Å². The molecule has 0 aromatic carbocycles. The van der Waals surface area contributed by atoms with E-state index >= 15 is 0 Å². The normalized spacial score (nSPS) is 26.6. The Morgan fingerprint density at radius 3 is 2.88 bits per heavy atom. The van der Waals surface area contributed by atoms with E-state index in [-0.39, 0.29) is 12.1 Å². The first-order valence-electron chi connectivity index (χ1n) is 6.18. The molecule has 2 atom stereocenters. The molecular weight excluding hydrogens is 216 g/mol. The summed E-state index contributed by atoms with van der Waals surface area (Å²) in [5.41, 5.74) is 7.01. The van der Waals surface area contributed by atoms with Gasteiger partial charge in [-0.15, -0.1) is 0 Å². The molecule has 5 nitrogen and oxygen atoms in total. The molecule has 1 saturated heterocycles. The molecule has 0 spiro atoms. The number of hydrogen-bond donors (Lipinski definition) is 1. The summed E-state index contributed by atoms with van der Waals surface area (Å²) >= 11 is 0. The lowest BCUT2D eigenvalue weighted by Gasteiger charge is -2.43. The van der Waals surface area contributed by atoms with Crippen molar-refractivity contribution in [2.45, 2.75) is 32.0 Å². The second-order valence-corrected chi connectivity index (χ2v) is 4.85. The quantitative estimate of drug-likeness (QED) is 0.834. The first-order valence-corrected chi connectivity index (χ1v) is 6.18. The molecular formula is C12H22N4O. The fourth-order valence-electron chi connectivity index (χ4n) is 2.54. The molecule has 1 aliphatic rings. The summed E-state index contributed by atoms with van der Waals surface area (Å²) in [5.74, 6) is 0. The molecule has 0 amide bonds. The van der Waals surface area contributed by atoms with Gasteiger partial charge in [0.2, 0.25) is 0 Å². The molecule has 1 aromatic heterocycles. The highest BCUT2D eigenvalue weighted by Gasteiger charge is 2.35. The molecule has 0 radical (unpaired) electrons. The zero-order chi connectivity index (χ0) is 12.4. The molecule has 2 rings (SSSR count). The number of morpholine rings is 1. The minimum absolute atomic E-state index is 0.0570. The molecule has 1 aromatic rings. The van der Waals surface area contributed by atoms with Gasteiger partial charge >= 0.3 is 0 Å². The van der Waals surface area contributed by atoms with E-state index in [1.54, 1.807) is 0 Å². The van der Waals surface area contributed by atoms with E-state index < -0.39 is 0 Å². The summed E-state index contributed by atoms with van der Waals surface area (Å²) in [6.07, 6.45) is 3.80. The average molecular weight is 238 g/mol. The van der Waals surface area contributed by atoms with Crippen molar-refractivity contribution < 1.29 is 4.74 Å². The van der Waals surface area contributed by atoms with Crippen molar-refractivity contribution in [1.29, 1.82) is 0 Å². The number of aromatic nitrogens is 2. The van der Waals surface area contributed by atoms with Crippen molar-refractivity contribution in [2.75, 3.05) is 19.7 Å². The van der Waals surface area contributed by atoms with E-state index in [9.17, 15) is 0 Å². The molecule has 0 bridgehead atoms. The van der Waals surface area contributed by atoms with Crippen molar-refractivity contribution >= 4 is 0 Å². The van der Waals surface area contributed by atoms with Crippen LogP contribution >= 0.6 is 0 Å². The monoisotopic (exact) mass is 238 g/mol. The zero-order valence-corrected chi connectivity index (χ0v) is 10.8. The zero-order valence-electron chi connectivity index (χ0n) is 10.8. The van der Waals surface area contributed by atoms with Crippen molar-refractivity contribution in [3.05, 3.63) is 18.2 Å². The van der Waals surface area contributed by atoms with Crippen LogP contribution in [0.1, 0.15) is 25.6 Å². The minimum Gasteiger partial charge on any atom is -0.374 e. The number of ether oxygens (including phenoxy) is 1. The summed E-state index contributed by atoms with van der Waals surface area (Å²) in [4.78, 5) is 6.64. The fraction of sp³-hybridized carbons (Fsp3) is 0.750. The topological polar surface area (TPSA) is 56.3 Å². The van der Waals surface area contributed by atoms with Gasteiger partial charge in [0.15, 0.2) is 0 Å². The predicted molar refractivity (Wildman–Crippen MR) is 66.6 cm³/mol. The summed E-state index contributed by atoms with van der Waals surface area (Å²) in [7, 11) is 2.02. The Morgan fingerprint density at radius 1 is 1.59 bits per heavy atom. The second kappa shape index (κ2) is 5.16. The van der Waals surface area contributed by atoms with Gasteiger partial charge in [0, 0.05) is 32.4 Å². The third-order valence-corrected chi connectivity index (χ3v) is 3.44. The Balaban J connectivity index is 2.32. The fourth-order valence-corrected chi connectivity index (χ4v) is 2.54. The van der Waals surface area contributed by atoms with Crippen LogP contribution in [-0.4, -0.2) is 46.3 Å². The first kappa shape index (κ1) is 12.5.